The van der Waals surface area contributed by atoms with E-state index < -0.39 is 0 Å². The summed E-state index contributed by atoms with van der Waals surface area (Å²) < 4.78 is 11.2. The molecule has 2 aromatic rings. The predicted octanol–water partition coefficient (Wildman–Crippen LogP) is 2.92. The van der Waals surface area contributed by atoms with Gasteiger partial charge in [0.2, 0.25) is 0 Å². The number of hydrogen-bond acceptors (Lipinski definition) is 4. The zero-order valence-electron chi connectivity index (χ0n) is 13.2. The smallest absolute Gasteiger partial charge is 0.161 e. The first kappa shape index (κ1) is 14.9. The molecule has 2 heterocycles. The van der Waals surface area contributed by atoms with Crippen molar-refractivity contribution in [1.29, 1.82) is 0 Å². The molecule has 1 aliphatic rings. The van der Waals surface area contributed by atoms with Gasteiger partial charge in [-0.15, -0.1) is 0 Å². The van der Waals surface area contributed by atoms with Crippen LogP contribution in [0.2, 0.25) is 0 Å². The number of nitrogens with zero attached hydrogens (tertiary/aromatic N) is 2. The molecule has 1 aromatic carbocycles. The normalized spacial score (nSPS) is 14.9. The van der Waals surface area contributed by atoms with Crippen molar-refractivity contribution in [3.05, 3.63) is 53.9 Å². The van der Waals surface area contributed by atoms with E-state index in [1.165, 1.54) is 5.56 Å². The van der Waals surface area contributed by atoms with E-state index in [0.29, 0.717) is 19.3 Å². The fourth-order valence-electron chi connectivity index (χ4n) is 2.61. The van der Waals surface area contributed by atoms with Gasteiger partial charge in [-0.2, -0.15) is 0 Å². The van der Waals surface area contributed by atoms with Crippen LogP contribution in [-0.2, 0) is 13.0 Å². The number of fused-ring (bicyclic) bond motifs is 1. The molecule has 0 aliphatic carbocycles. The Balaban J connectivity index is 1.62. The Morgan fingerprint density at radius 3 is 2.73 bits per heavy atom. The van der Waals surface area contributed by atoms with Crippen molar-refractivity contribution in [3.63, 3.8) is 0 Å². The lowest BCUT2D eigenvalue weighted by Crippen LogP contribution is -2.30. The Kier molecular flexibility index (Phi) is 4.59. The van der Waals surface area contributed by atoms with Crippen LogP contribution in [0.5, 0.6) is 11.5 Å². The van der Waals surface area contributed by atoms with Gasteiger partial charge in [-0.1, -0.05) is 12.1 Å². The van der Waals surface area contributed by atoms with Gasteiger partial charge in [0.05, 0.1) is 0 Å². The van der Waals surface area contributed by atoms with Gasteiger partial charge >= 0.3 is 0 Å². The molecule has 0 spiro atoms. The SMILES string of the molecule is CC(Cc1ccccn1)N(C)Cc1ccc2c(c1)OCCO2. The van der Waals surface area contributed by atoms with E-state index in [1.807, 2.05) is 24.4 Å². The van der Waals surface area contributed by atoms with Crippen LogP contribution < -0.4 is 9.47 Å². The third-order valence-electron chi connectivity index (χ3n) is 4.02. The zero-order valence-corrected chi connectivity index (χ0v) is 13.2. The van der Waals surface area contributed by atoms with Gasteiger partial charge in [0.15, 0.2) is 11.5 Å². The van der Waals surface area contributed by atoms with Crippen molar-refractivity contribution < 1.29 is 9.47 Å². The summed E-state index contributed by atoms with van der Waals surface area (Å²) in [4.78, 5) is 6.74. The fraction of sp³-hybridized carbons (Fsp3) is 0.389. The molecule has 0 N–H and O–H groups in total. The average Bonchev–Trinajstić information content (AvgIpc) is 2.55. The molecule has 4 heteroatoms. The van der Waals surface area contributed by atoms with Gasteiger partial charge in [-0.3, -0.25) is 9.88 Å². The third kappa shape index (κ3) is 3.57. The molecule has 116 valence electrons. The van der Waals surface area contributed by atoms with E-state index in [4.69, 9.17) is 9.47 Å². The van der Waals surface area contributed by atoms with Crippen molar-refractivity contribution in [1.82, 2.24) is 9.88 Å². The molecule has 4 nitrogen and oxygen atoms in total. The van der Waals surface area contributed by atoms with Crippen LogP contribution in [0.4, 0.5) is 0 Å². The van der Waals surface area contributed by atoms with Crippen LogP contribution in [0.25, 0.3) is 0 Å². The molecule has 0 bridgehead atoms. The first-order valence-corrected chi connectivity index (χ1v) is 7.71. The highest BCUT2D eigenvalue weighted by Crippen LogP contribution is 2.31. The summed E-state index contributed by atoms with van der Waals surface area (Å²) in [5.41, 5.74) is 2.36. The molecular weight excluding hydrogens is 276 g/mol. The van der Waals surface area contributed by atoms with E-state index in [1.54, 1.807) is 0 Å². The maximum Gasteiger partial charge on any atom is 0.161 e. The van der Waals surface area contributed by atoms with Crippen LogP contribution in [-0.4, -0.2) is 36.2 Å². The summed E-state index contributed by atoms with van der Waals surface area (Å²) in [5, 5.41) is 0. The first-order chi connectivity index (χ1) is 10.7. The second-order valence-corrected chi connectivity index (χ2v) is 5.77. The average molecular weight is 298 g/mol. The first-order valence-electron chi connectivity index (χ1n) is 7.71. The highest BCUT2D eigenvalue weighted by Gasteiger charge is 2.15. The Morgan fingerprint density at radius 2 is 1.95 bits per heavy atom. The molecule has 3 rings (SSSR count). The van der Waals surface area contributed by atoms with E-state index in [2.05, 4.69) is 42.1 Å². The maximum absolute atomic E-state index is 5.65. The lowest BCUT2D eigenvalue weighted by atomic mass is 10.1. The predicted molar refractivity (Wildman–Crippen MR) is 86.3 cm³/mol. The van der Waals surface area contributed by atoms with Crippen molar-refractivity contribution in [3.8, 4) is 11.5 Å². The Hall–Kier alpha value is -2.07. The Bertz CT molecular complexity index is 616. The quantitative estimate of drug-likeness (QED) is 0.850. The topological polar surface area (TPSA) is 34.6 Å². The van der Waals surface area contributed by atoms with Crippen molar-refractivity contribution in [2.75, 3.05) is 20.3 Å². The summed E-state index contributed by atoms with van der Waals surface area (Å²) in [6.45, 7) is 4.37. The van der Waals surface area contributed by atoms with E-state index >= 15 is 0 Å². The number of pyridine rings is 1. The van der Waals surface area contributed by atoms with Gasteiger partial charge in [-0.05, 0) is 43.8 Å². The molecule has 1 atom stereocenters. The highest BCUT2D eigenvalue weighted by molar-refractivity contribution is 5.43. The molecule has 1 aromatic heterocycles. The molecule has 0 saturated heterocycles. The van der Waals surface area contributed by atoms with Gasteiger partial charge in [0.25, 0.3) is 0 Å². The summed E-state index contributed by atoms with van der Waals surface area (Å²) >= 11 is 0. The van der Waals surface area contributed by atoms with E-state index in [-0.39, 0.29) is 0 Å². The summed E-state index contributed by atoms with van der Waals surface area (Å²) in [6.07, 6.45) is 2.80. The van der Waals surface area contributed by atoms with Crippen molar-refractivity contribution in [2.45, 2.75) is 25.9 Å². The molecule has 1 unspecified atom stereocenters. The van der Waals surface area contributed by atoms with Crippen LogP contribution >= 0.6 is 0 Å². The second kappa shape index (κ2) is 6.79. The minimum absolute atomic E-state index is 0.420. The summed E-state index contributed by atoms with van der Waals surface area (Å²) in [7, 11) is 2.14. The number of benzene rings is 1. The summed E-state index contributed by atoms with van der Waals surface area (Å²) in [6, 6.07) is 12.7. The standard InChI is InChI=1S/C18H22N2O2/c1-14(11-16-5-3-4-8-19-16)20(2)13-15-6-7-17-18(12-15)22-10-9-21-17/h3-8,12,14H,9-11,13H2,1-2H3. The van der Waals surface area contributed by atoms with Crippen molar-refractivity contribution in [2.24, 2.45) is 0 Å². The van der Waals surface area contributed by atoms with Gasteiger partial charge in [0, 0.05) is 30.9 Å². The largest absolute Gasteiger partial charge is 0.486 e. The van der Waals surface area contributed by atoms with Crippen molar-refractivity contribution >= 4 is 0 Å². The molecule has 1 aliphatic heterocycles. The highest BCUT2D eigenvalue weighted by atomic mass is 16.6. The number of rotatable bonds is 5. The second-order valence-electron chi connectivity index (χ2n) is 5.77. The maximum atomic E-state index is 5.65. The number of likely N-dealkylation sites (N-methyl/N-ethyl adjacent to an activating group) is 1. The lowest BCUT2D eigenvalue weighted by Gasteiger charge is -2.25. The van der Waals surface area contributed by atoms with Gasteiger partial charge in [0.1, 0.15) is 13.2 Å². The minimum Gasteiger partial charge on any atom is -0.486 e. The third-order valence-corrected chi connectivity index (χ3v) is 4.02. The van der Waals surface area contributed by atoms with E-state index in [9.17, 15) is 0 Å². The molecular formula is C18H22N2O2. The van der Waals surface area contributed by atoms with Crippen LogP contribution in [0.1, 0.15) is 18.2 Å². The molecule has 0 saturated carbocycles. The summed E-state index contributed by atoms with van der Waals surface area (Å²) in [5.74, 6) is 1.70. The molecule has 0 amide bonds. The number of ether oxygens (including phenoxy) is 2. The molecule has 22 heavy (non-hydrogen) atoms. The lowest BCUT2D eigenvalue weighted by molar-refractivity contribution is 0.171. The number of aromatic nitrogens is 1. The zero-order chi connectivity index (χ0) is 15.4. The van der Waals surface area contributed by atoms with Crippen LogP contribution in [0.15, 0.2) is 42.6 Å². The monoisotopic (exact) mass is 298 g/mol. The minimum atomic E-state index is 0.420. The van der Waals surface area contributed by atoms with Gasteiger partial charge < -0.3 is 9.47 Å². The molecule has 0 fully saturated rings. The van der Waals surface area contributed by atoms with E-state index in [0.717, 1.165) is 30.2 Å². The molecule has 0 radical (unpaired) electrons. The Morgan fingerprint density at radius 1 is 1.14 bits per heavy atom. The van der Waals surface area contributed by atoms with Crippen LogP contribution in [0.3, 0.4) is 0 Å². The number of hydrogen-bond donors (Lipinski definition) is 0. The van der Waals surface area contributed by atoms with Crippen LogP contribution in [0, 0.1) is 0 Å². The van der Waals surface area contributed by atoms with Gasteiger partial charge in [-0.25, -0.2) is 0 Å². The Labute approximate surface area is 131 Å². The fourth-order valence-corrected chi connectivity index (χ4v) is 2.61.